The number of carboxylic acids is 1. The van der Waals surface area contributed by atoms with Crippen molar-refractivity contribution in [3.8, 4) is 11.1 Å². The molecule has 208 valence electrons. The minimum atomic E-state index is -1.10. The van der Waals surface area contributed by atoms with Crippen molar-refractivity contribution in [3.63, 3.8) is 0 Å². The van der Waals surface area contributed by atoms with E-state index in [2.05, 4.69) is 34.9 Å². The second kappa shape index (κ2) is 11.9. The number of aliphatic carboxylic acids is 1. The van der Waals surface area contributed by atoms with Crippen molar-refractivity contribution in [2.24, 2.45) is 0 Å². The Morgan fingerprint density at radius 1 is 0.950 bits per heavy atom. The van der Waals surface area contributed by atoms with Crippen LogP contribution in [-0.2, 0) is 20.9 Å². The molecular weight excluding hydrogens is 506 g/mol. The second-order valence-corrected chi connectivity index (χ2v) is 10.9. The Bertz CT molecular complexity index is 1330. The van der Waals surface area contributed by atoms with Gasteiger partial charge < -0.3 is 20.5 Å². The van der Waals surface area contributed by atoms with E-state index in [1.54, 1.807) is 0 Å². The van der Waals surface area contributed by atoms with E-state index in [1.165, 1.54) is 0 Å². The van der Waals surface area contributed by atoms with Crippen LogP contribution in [0.4, 0.5) is 4.79 Å². The highest BCUT2D eigenvalue weighted by molar-refractivity contribution is 5.85. The molecule has 0 radical (unpaired) electrons. The highest BCUT2D eigenvalue weighted by Crippen LogP contribution is 2.44. The molecule has 1 atom stereocenters. The van der Waals surface area contributed by atoms with Crippen molar-refractivity contribution < 1.29 is 24.2 Å². The molecule has 3 N–H and O–H groups in total. The molecule has 2 amide bonds. The number of alkyl carbamates (subject to hydrolysis) is 1. The van der Waals surface area contributed by atoms with Crippen molar-refractivity contribution in [2.75, 3.05) is 20.2 Å². The normalized spacial score (nSPS) is 15.8. The zero-order chi connectivity index (χ0) is 28.1. The van der Waals surface area contributed by atoms with E-state index in [4.69, 9.17) is 4.74 Å². The second-order valence-electron chi connectivity index (χ2n) is 10.9. The minimum Gasteiger partial charge on any atom is -0.480 e. The Hall–Kier alpha value is -4.17. The van der Waals surface area contributed by atoms with Gasteiger partial charge in [0, 0.05) is 25.4 Å². The SMILES string of the molecule is CN(Cc1ccccc1)CC(NC(=O)CC1(NC(=O)OCC2c3ccccc3-c3ccccc32)CCC1)C(=O)O. The molecular formula is C32H35N3O5. The number of rotatable bonds is 11. The topological polar surface area (TPSA) is 108 Å². The summed E-state index contributed by atoms with van der Waals surface area (Å²) < 4.78 is 5.70. The first kappa shape index (κ1) is 27.4. The van der Waals surface area contributed by atoms with E-state index < -0.39 is 29.6 Å². The van der Waals surface area contributed by atoms with E-state index in [9.17, 15) is 19.5 Å². The van der Waals surface area contributed by atoms with Gasteiger partial charge in [0.25, 0.3) is 0 Å². The van der Waals surface area contributed by atoms with Crippen molar-refractivity contribution in [1.82, 2.24) is 15.5 Å². The van der Waals surface area contributed by atoms with Crippen LogP contribution in [0.5, 0.6) is 0 Å². The third-order valence-electron chi connectivity index (χ3n) is 7.94. The van der Waals surface area contributed by atoms with Crippen LogP contribution in [0.2, 0.25) is 0 Å². The molecule has 2 aliphatic carbocycles. The van der Waals surface area contributed by atoms with Gasteiger partial charge in [0.1, 0.15) is 12.6 Å². The largest absolute Gasteiger partial charge is 0.480 e. The number of benzene rings is 3. The maximum absolute atomic E-state index is 12.9. The molecule has 0 bridgehead atoms. The first-order valence-electron chi connectivity index (χ1n) is 13.7. The molecule has 3 aromatic rings. The van der Waals surface area contributed by atoms with Crippen LogP contribution in [0, 0.1) is 0 Å². The summed E-state index contributed by atoms with van der Waals surface area (Å²) in [5.74, 6) is -1.55. The molecule has 1 unspecified atom stereocenters. The van der Waals surface area contributed by atoms with E-state index in [-0.39, 0.29) is 25.5 Å². The van der Waals surface area contributed by atoms with Gasteiger partial charge in [-0.2, -0.15) is 0 Å². The summed E-state index contributed by atoms with van der Waals surface area (Å²) in [6.45, 7) is 0.910. The molecule has 0 aromatic heterocycles. The van der Waals surface area contributed by atoms with Crippen LogP contribution >= 0.6 is 0 Å². The minimum absolute atomic E-state index is 0.00335. The molecule has 8 nitrogen and oxygen atoms in total. The lowest BCUT2D eigenvalue weighted by Gasteiger charge is -2.41. The summed E-state index contributed by atoms with van der Waals surface area (Å²) in [7, 11) is 1.82. The standard InChI is InChI=1S/C32H35N3O5/c1-35(19-22-10-3-2-4-11-22)20-28(30(37)38)33-29(36)18-32(16-9-17-32)34-31(39)40-21-27-25-14-7-5-12-23(25)24-13-6-8-15-26(24)27/h2-8,10-15,27-28H,9,16-21H2,1H3,(H,33,36)(H,34,39)(H,37,38). The molecule has 1 saturated carbocycles. The summed E-state index contributed by atoms with van der Waals surface area (Å²) in [5.41, 5.74) is 4.90. The highest BCUT2D eigenvalue weighted by atomic mass is 16.5. The number of hydrogen-bond donors (Lipinski definition) is 3. The molecule has 0 spiro atoms. The number of carbonyl (C=O) groups excluding carboxylic acids is 2. The number of fused-ring (bicyclic) bond motifs is 3. The van der Waals surface area contributed by atoms with E-state index >= 15 is 0 Å². The van der Waals surface area contributed by atoms with Gasteiger partial charge in [-0.3, -0.25) is 9.69 Å². The van der Waals surface area contributed by atoms with Gasteiger partial charge in [0.2, 0.25) is 5.91 Å². The third kappa shape index (κ3) is 6.18. The Morgan fingerprint density at radius 2 is 1.55 bits per heavy atom. The molecule has 0 aliphatic heterocycles. The van der Waals surface area contributed by atoms with Gasteiger partial charge in [0.15, 0.2) is 0 Å². The van der Waals surface area contributed by atoms with Gasteiger partial charge in [-0.1, -0.05) is 78.9 Å². The average molecular weight is 542 g/mol. The molecule has 2 aliphatic rings. The molecule has 0 saturated heterocycles. The highest BCUT2D eigenvalue weighted by Gasteiger charge is 2.41. The van der Waals surface area contributed by atoms with Crippen molar-refractivity contribution in [3.05, 3.63) is 95.6 Å². The van der Waals surface area contributed by atoms with Crippen LogP contribution < -0.4 is 10.6 Å². The van der Waals surface area contributed by atoms with E-state index in [0.717, 1.165) is 34.2 Å². The lowest BCUT2D eigenvalue weighted by atomic mass is 9.74. The molecule has 8 heteroatoms. The fourth-order valence-electron chi connectivity index (χ4n) is 5.81. The fraction of sp³-hybridized carbons (Fsp3) is 0.344. The first-order chi connectivity index (χ1) is 19.3. The molecule has 3 aromatic carbocycles. The Balaban J connectivity index is 1.15. The van der Waals surface area contributed by atoms with Crippen molar-refractivity contribution in [1.29, 1.82) is 0 Å². The number of nitrogens with zero attached hydrogens (tertiary/aromatic N) is 1. The quantitative estimate of drug-likeness (QED) is 0.329. The van der Waals surface area contributed by atoms with Gasteiger partial charge in [-0.05, 0) is 54.1 Å². The average Bonchev–Trinajstić information content (AvgIpc) is 3.24. The van der Waals surface area contributed by atoms with Crippen LogP contribution in [0.3, 0.4) is 0 Å². The lowest BCUT2D eigenvalue weighted by molar-refractivity contribution is -0.142. The number of ether oxygens (including phenoxy) is 1. The summed E-state index contributed by atoms with van der Waals surface area (Å²) in [6, 6.07) is 25.0. The fourth-order valence-corrected chi connectivity index (χ4v) is 5.81. The smallest absolute Gasteiger partial charge is 0.407 e. The van der Waals surface area contributed by atoms with Gasteiger partial charge in [0.05, 0.1) is 5.54 Å². The number of likely N-dealkylation sites (N-methyl/N-ethyl adjacent to an activating group) is 1. The predicted octanol–water partition coefficient (Wildman–Crippen LogP) is 4.54. The van der Waals surface area contributed by atoms with E-state index in [0.29, 0.717) is 19.4 Å². The lowest BCUT2D eigenvalue weighted by Crippen LogP contribution is -2.57. The van der Waals surface area contributed by atoms with Crippen LogP contribution in [0.15, 0.2) is 78.9 Å². The zero-order valence-corrected chi connectivity index (χ0v) is 22.6. The first-order valence-corrected chi connectivity index (χ1v) is 13.7. The van der Waals surface area contributed by atoms with E-state index in [1.807, 2.05) is 66.5 Å². The monoisotopic (exact) mass is 541 g/mol. The van der Waals surface area contributed by atoms with Gasteiger partial charge >= 0.3 is 12.1 Å². The number of carboxylic acid groups (broad SMARTS) is 1. The third-order valence-corrected chi connectivity index (χ3v) is 7.94. The Labute approximate surface area is 234 Å². The predicted molar refractivity (Wildman–Crippen MR) is 152 cm³/mol. The summed E-state index contributed by atoms with van der Waals surface area (Å²) in [6.07, 6.45) is 1.58. The number of amides is 2. The van der Waals surface area contributed by atoms with Crippen LogP contribution in [-0.4, -0.2) is 59.8 Å². The summed E-state index contributed by atoms with van der Waals surface area (Å²) >= 11 is 0. The maximum atomic E-state index is 12.9. The number of hydrogen-bond acceptors (Lipinski definition) is 5. The van der Waals surface area contributed by atoms with Crippen LogP contribution in [0.1, 0.15) is 48.3 Å². The zero-order valence-electron chi connectivity index (χ0n) is 22.6. The molecule has 0 heterocycles. The Morgan fingerprint density at radius 3 is 2.12 bits per heavy atom. The van der Waals surface area contributed by atoms with Crippen LogP contribution in [0.25, 0.3) is 11.1 Å². The molecule has 1 fully saturated rings. The van der Waals surface area contributed by atoms with Crippen molar-refractivity contribution in [2.45, 2.75) is 49.7 Å². The molecule has 5 rings (SSSR count). The van der Waals surface area contributed by atoms with Crippen molar-refractivity contribution >= 4 is 18.0 Å². The summed E-state index contributed by atoms with van der Waals surface area (Å²) in [4.78, 5) is 39.6. The number of carbonyl (C=O) groups is 3. The van der Waals surface area contributed by atoms with Gasteiger partial charge in [-0.25, -0.2) is 9.59 Å². The van der Waals surface area contributed by atoms with Gasteiger partial charge in [-0.15, -0.1) is 0 Å². The Kier molecular flexibility index (Phi) is 8.16. The summed E-state index contributed by atoms with van der Waals surface area (Å²) in [5, 5.41) is 15.3. The molecule has 40 heavy (non-hydrogen) atoms. The number of nitrogens with one attached hydrogen (secondary N) is 2. The maximum Gasteiger partial charge on any atom is 0.407 e.